The van der Waals surface area contributed by atoms with Crippen molar-refractivity contribution >= 4 is 40.9 Å². The van der Waals surface area contributed by atoms with E-state index in [9.17, 15) is 34.1 Å². The minimum Gasteiger partial charge on any atom is -0.454 e. The molecule has 0 radical (unpaired) electrons. The predicted octanol–water partition coefficient (Wildman–Crippen LogP) is 3.36. The maximum absolute atomic E-state index is 12.9. The molecule has 11 nitrogen and oxygen atoms in total. The van der Waals surface area contributed by atoms with E-state index in [-0.39, 0.29) is 39.4 Å². The smallest absolute Gasteiger partial charge is 0.338 e. The van der Waals surface area contributed by atoms with Crippen molar-refractivity contribution in [3.63, 3.8) is 0 Å². The van der Waals surface area contributed by atoms with Gasteiger partial charge in [0.25, 0.3) is 17.5 Å². The van der Waals surface area contributed by atoms with Gasteiger partial charge in [-0.1, -0.05) is 0 Å². The zero-order valence-electron chi connectivity index (χ0n) is 18.6. The number of fused-ring (bicyclic) bond motifs is 1. The third-order valence-corrected chi connectivity index (χ3v) is 5.21. The number of anilines is 1. The van der Waals surface area contributed by atoms with Crippen LogP contribution in [0.25, 0.3) is 0 Å². The summed E-state index contributed by atoms with van der Waals surface area (Å²) in [6.07, 6.45) is 0. The molecule has 0 saturated carbocycles. The minimum absolute atomic E-state index is 0.0415. The average Bonchev–Trinajstić information content (AvgIpc) is 3.11. The lowest BCUT2D eigenvalue weighted by Gasteiger charge is -2.13. The van der Waals surface area contributed by atoms with E-state index in [1.54, 1.807) is 0 Å². The molecule has 3 aromatic rings. The lowest BCUT2D eigenvalue weighted by Crippen LogP contribution is -2.29. The number of Topliss-reactive ketones (excluding diaryl/α,β-unsaturated/α-hetero) is 1. The van der Waals surface area contributed by atoms with Crippen molar-refractivity contribution in [1.82, 2.24) is 0 Å². The Kier molecular flexibility index (Phi) is 6.38. The average molecular weight is 488 g/mol. The van der Waals surface area contributed by atoms with E-state index >= 15 is 0 Å². The topological polar surface area (TPSA) is 150 Å². The molecule has 0 atom stereocenters. The number of nitro groups is 1. The molecule has 1 aliphatic rings. The van der Waals surface area contributed by atoms with Crippen LogP contribution in [0.2, 0.25) is 0 Å². The van der Waals surface area contributed by atoms with Crippen molar-refractivity contribution in [2.75, 3.05) is 11.5 Å². The molecule has 3 aromatic carbocycles. The first-order valence-electron chi connectivity index (χ1n) is 10.4. The first-order chi connectivity index (χ1) is 17.2. The molecule has 4 rings (SSSR count). The van der Waals surface area contributed by atoms with E-state index in [4.69, 9.17) is 9.47 Å². The molecular weight excluding hydrogens is 472 g/mol. The number of rotatable bonds is 7. The number of hydrogen-bond acceptors (Lipinski definition) is 9. The van der Waals surface area contributed by atoms with Crippen LogP contribution in [0.15, 0.2) is 66.7 Å². The summed E-state index contributed by atoms with van der Waals surface area (Å²) in [7, 11) is 0. The lowest BCUT2D eigenvalue weighted by atomic mass is 10.1. The van der Waals surface area contributed by atoms with Gasteiger partial charge in [-0.25, -0.2) is 9.69 Å². The summed E-state index contributed by atoms with van der Waals surface area (Å²) in [6, 6.07) is 14.4. The highest BCUT2D eigenvalue weighted by Crippen LogP contribution is 2.30. The molecule has 0 saturated heterocycles. The first kappa shape index (κ1) is 24.0. The van der Waals surface area contributed by atoms with E-state index in [1.807, 2.05) is 0 Å². The third-order valence-electron chi connectivity index (χ3n) is 5.21. The Morgan fingerprint density at radius 1 is 0.861 bits per heavy atom. The zero-order chi connectivity index (χ0) is 26.0. The fourth-order valence-electron chi connectivity index (χ4n) is 3.50. The lowest BCUT2D eigenvalue weighted by molar-refractivity contribution is -0.384. The normalized spacial score (nSPS) is 12.2. The summed E-state index contributed by atoms with van der Waals surface area (Å²) < 4.78 is 9.95. The van der Waals surface area contributed by atoms with Crippen LogP contribution in [-0.2, 0) is 9.53 Å². The Labute approximate surface area is 203 Å². The van der Waals surface area contributed by atoms with Gasteiger partial charge < -0.3 is 9.47 Å². The molecule has 2 amide bonds. The minimum atomic E-state index is -0.878. The number of esters is 2. The molecule has 0 spiro atoms. The van der Waals surface area contributed by atoms with Crippen LogP contribution in [0.5, 0.6) is 5.75 Å². The molecule has 36 heavy (non-hydrogen) atoms. The van der Waals surface area contributed by atoms with Crippen molar-refractivity contribution in [1.29, 1.82) is 0 Å². The monoisotopic (exact) mass is 488 g/mol. The summed E-state index contributed by atoms with van der Waals surface area (Å²) in [5.74, 6) is -2.98. The molecule has 0 N–H and O–H groups in total. The van der Waals surface area contributed by atoms with Gasteiger partial charge in [0.2, 0.25) is 0 Å². The van der Waals surface area contributed by atoms with Gasteiger partial charge in [0.05, 0.1) is 27.3 Å². The number of amides is 2. The fraction of sp³-hybridized carbons (Fsp3) is 0.0800. The molecule has 0 fully saturated rings. The van der Waals surface area contributed by atoms with Crippen LogP contribution in [0, 0.1) is 10.1 Å². The van der Waals surface area contributed by atoms with Crippen LogP contribution in [0.3, 0.4) is 0 Å². The molecule has 180 valence electrons. The molecule has 1 heterocycles. The van der Waals surface area contributed by atoms with Crippen LogP contribution in [-0.4, -0.2) is 41.1 Å². The van der Waals surface area contributed by atoms with Crippen molar-refractivity contribution in [2.45, 2.75) is 6.92 Å². The Balaban J connectivity index is 1.45. The van der Waals surface area contributed by atoms with Crippen LogP contribution >= 0.6 is 0 Å². The number of imide groups is 1. The molecular formula is C25H16N2O9. The number of ether oxygens (including phenoxy) is 2. The second kappa shape index (κ2) is 9.58. The maximum Gasteiger partial charge on any atom is 0.338 e. The van der Waals surface area contributed by atoms with E-state index in [0.717, 1.165) is 4.90 Å². The Hall–Kier alpha value is -5.19. The standard InChI is InChI=1S/C25H16N2O9/c1-14(28)36-19-9-2-15(3-10-19)22(29)13-35-25(32)16-4-11-20-21(12-16)24(31)26(23(20)30)17-5-7-18(8-6-17)27(33)34/h2-12H,13H2,1H3. The predicted molar refractivity (Wildman–Crippen MR) is 123 cm³/mol. The number of carbonyl (C=O) groups is 5. The van der Waals surface area contributed by atoms with E-state index in [2.05, 4.69) is 0 Å². The van der Waals surface area contributed by atoms with Gasteiger partial charge in [0.15, 0.2) is 12.4 Å². The van der Waals surface area contributed by atoms with Gasteiger partial charge in [0, 0.05) is 24.6 Å². The summed E-state index contributed by atoms with van der Waals surface area (Å²) in [5, 5.41) is 10.8. The Morgan fingerprint density at radius 3 is 2.08 bits per heavy atom. The van der Waals surface area contributed by atoms with Crippen molar-refractivity contribution in [3.05, 3.63) is 99.1 Å². The van der Waals surface area contributed by atoms with Gasteiger partial charge in [-0.15, -0.1) is 0 Å². The zero-order valence-corrected chi connectivity index (χ0v) is 18.6. The second-order valence-corrected chi connectivity index (χ2v) is 7.60. The van der Waals surface area contributed by atoms with E-state index in [1.165, 1.54) is 73.7 Å². The van der Waals surface area contributed by atoms with E-state index in [0.29, 0.717) is 0 Å². The number of carbonyl (C=O) groups excluding carboxylic acids is 5. The van der Waals surface area contributed by atoms with Crippen LogP contribution in [0.1, 0.15) is 48.4 Å². The molecule has 11 heteroatoms. The summed E-state index contributed by atoms with van der Waals surface area (Å²) >= 11 is 0. The quantitative estimate of drug-likeness (QED) is 0.122. The molecule has 1 aliphatic heterocycles. The highest BCUT2D eigenvalue weighted by Gasteiger charge is 2.37. The molecule has 0 unspecified atom stereocenters. The number of hydrogen-bond donors (Lipinski definition) is 0. The number of benzene rings is 3. The highest BCUT2D eigenvalue weighted by molar-refractivity contribution is 6.34. The Morgan fingerprint density at radius 2 is 1.47 bits per heavy atom. The van der Waals surface area contributed by atoms with Crippen molar-refractivity contribution in [3.8, 4) is 5.75 Å². The van der Waals surface area contributed by atoms with Gasteiger partial charge in [-0.05, 0) is 54.6 Å². The fourth-order valence-corrected chi connectivity index (χ4v) is 3.50. The largest absolute Gasteiger partial charge is 0.454 e. The first-order valence-corrected chi connectivity index (χ1v) is 10.4. The van der Waals surface area contributed by atoms with Gasteiger partial charge >= 0.3 is 11.9 Å². The van der Waals surface area contributed by atoms with Crippen molar-refractivity contribution < 1.29 is 38.4 Å². The summed E-state index contributed by atoms with van der Waals surface area (Å²) in [5.41, 5.74) is 0.140. The summed E-state index contributed by atoms with van der Waals surface area (Å²) in [6.45, 7) is 0.665. The number of nitrogens with zero attached hydrogens (tertiary/aromatic N) is 2. The number of nitro benzene ring substituents is 1. The molecule has 0 bridgehead atoms. The van der Waals surface area contributed by atoms with Gasteiger partial charge in [-0.3, -0.25) is 29.3 Å². The maximum atomic E-state index is 12.9. The summed E-state index contributed by atoms with van der Waals surface area (Å²) in [4.78, 5) is 72.5. The Bertz CT molecular complexity index is 1430. The van der Waals surface area contributed by atoms with E-state index < -0.39 is 41.1 Å². The second-order valence-electron chi connectivity index (χ2n) is 7.60. The number of ketones is 1. The van der Waals surface area contributed by atoms with Gasteiger partial charge in [0.1, 0.15) is 5.75 Å². The molecule has 0 aliphatic carbocycles. The van der Waals surface area contributed by atoms with Crippen molar-refractivity contribution in [2.24, 2.45) is 0 Å². The van der Waals surface area contributed by atoms with Crippen LogP contribution < -0.4 is 9.64 Å². The SMILES string of the molecule is CC(=O)Oc1ccc(C(=O)COC(=O)c2ccc3c(c2)C(=O)N(c2ccc([N+](=O)[O-])cc2)C3=O)cc1. The van der Waals surface area contributed by atoms with Crippen LogP contribution in [0.4, 0.5) is 11.4 Å². The van der Waals surface area contributed by atoms with Gasteiger partial charge in [-0.2, -0.15) is 0 Å². The number of non-ortho nitro benzene ring substituents is 1. The third kappa shape index (κ3) is 4.71. The molecule has 0 aromatic heterocycles. The highest BCUT2D eigenvalue weighted by atomic mass is 16.6.